The fraction of sp³-hybridized carbons (Fsp3) is 0.250. The molecule has 0 saturated carbocycles. The minimum atomic E-state index is -4.40. The van der Waals surface area contributed by atoms with Gasteiger partial charge >= 0.3 is 6.18 Å². The lowest BCUT2D eigenvalue weighted by Gasteiger charge is -2.14. The molecule has 7 nitrogen and oxygen atoms in total. The van der Waals surface area contributed by atoms with Crippen molar-refractivity contribution in [3.8, 4) is 17.2 Å². The molecule has 0 saturated heterocycles. The van der Waals surface area contributed by atoms with Crippen LogP contribution in [-0.4, -0.2) is 39.3 Å². The molecule has 4 rings (SSSR count). The highest BCUT2D eigenvalue weighted by atomic mass is 19.4. The minimum absolute atomic E-state index is 0.106. The zero-order chi connectivity index (χ0) is 24.0. The molecule has 0 aliphatic heterocycles. The Morgan fingerprint density at radius 3 is 2.44 bits per heavy atom. The van der Waals surface area contributed by atoms with E-state index >= 15 is 0 Å². The number of nitrogens with zero attached hydrogens (tertiary/aromatic N) is 4. The van der Waals surface area contributed by atoms with Crippen LogP contribution in [0.25, 0.3) is 11.2 Å². The molecule has 2 aromatic carbocycles. The summed E-state index contributed by atoms with van der Waals surface area (Å²) in [4.78, 5) is 16.8. The summed E-state index contributed by atoms with van der Waals surface area (Å²) < 4.78 is 48.1. The summed E-state index contributed by atoms with van der Waals surface area (Å²) >= 11 is 0. The zero-order valence-electron chi connectivity index (χ0n) is 18.3. The molecular formula is C24H22F3N5O2. The molecule has 0 amide bonds. The SMILES string of the molecule is CCc1ccc(OCC(F)(F)F)cc1Oc1ccc(CCNc2ncnc3nccnc23)cc1. The summed E-state index contributed by atoms with van der Waals surface area (Å²) in [7, 11) is 0. The maximum Gasteiger partial charge on any atom is 0.422 e. The first kappa shape index (κ1) is 23.2. The Balaban J connectivity index is 1.37. The third-order valence-electron chi connectivity index (χ3n) is 4.95. The average Bonchev–Trinajstić information content (AvgIpc) is 2.84. The molecule has 176 valence electrons. The first-order valence-corrected chi connectivity index (χ1v) is 10.7. The van der Waals surface area contributed by atoms with Gasteiger partial charge in [-0.25, -0.2) is 19.9 Å². The van der Waals surface area contributed by atoms with E-state index in [-0.39, 0.29) is 5.75 Å². The summed E-state index contributed by atoms with van der Waals surface area (Å²) in [6.45, 7) is 1.22. The number of hydrogen-bond acceptors (Lipinski definition) is 7. The zero-order valence-corrected chi connectivity index (χ0v) is 18.3. The third-order valence-corrected chi connectivity index (χ3v) is 4.95. The van der Waals surface area contributed by atoms with E-state index in [0.29, 0.717) is 41.4 Å². The summed E-state index contributed by atoms with van der Waals surface area (Å²) in [5.74, 6) is 1.77. The standard InChI is InChI=1S/C24H22F3N5O2/c1-2-17-5-8-19(33-14-24(25,26)27)13-20(17)34-18-6-3-16(4-7-18)9-10-29-22-21-23(32-15-31-22)30-12-11-28-21/h3-8,11-13,15H,2,9-10,14H2,1H3,(H,29,30,31,32). The van der Waals surface area contributed by atoms with E-state index in [1.54, 1.807) is 18.5 Å². The number of rotatable bonds is 9. The molecular weight excluding hydrogens is 447 g/mol. The highest BCUT2D eigenvalue weighted by molar-refractivity contribution is 5.81. The largest absolute Gasteiger partial charge is 0.484 e. The van der Waals surface area contributed by atoms with Crippen molar-refractivity contribution in [1.29, 1.82) is 0 Å². The van der Waals surface area contributed by atoms with Gasteiger partial charge < -0.3 is 14.8 Å². The van der Waals surface area contributed by atoms with Crippen molar-refractivity contribution in [2.24, 2.45) is 0 Å². The Morgan fingerprint density at radius 2 is 1.68 bits per heavy atom. The second-order valence-corrected chi connectivity index (χ2v) is 7.40. The van der Waals surface area contributed by atoms with Crippen LogP contribution in [0.5, 0.6) is 17.2 Å². The molecule has 0 unspecified atom stereocenters. The maximum atomic E-state index is 12.5. The molecule has 0 aliphatic carbocycles. The van der Waals surface area contributed by atoms with Crippen molar-refractivity contribution in [1.82, 2.24) is 19.9 Å². The number of aromatic nitrogens is 4. The number of hydrogen-bond donors (Lipinski definition) is 1. The Morgan fingerprint density at radius 1 is 0.912 bits per heavy atom. The molecule has 1 N–H and O–H groups in total. The smallest absolute Gasteiger partial charge is 0.422 e. The number of alkyl halides is 3. The van der Waals surface area contributed by atoms with E-state index in [0.717, 1.165) is 17.5 Å². The van der Waals surface area contributed by atoms with E-state index < -0.39 is 12.8 Å². The van der Waals surface area contributed by atoms with E-state index in [1.807, 2.05) is 31.2 Å². The van der Waals surface area contributed by atoms with Gasteiger partial charge in [-0.15, -0.1) is 0 Å². The van der Waals surface area contributed by atoms with Gasteiger partial charge in [-0.2, -0.15) is 13.2 Å². The van der Waals surface area contributed by atoms with Crippen LogP contribution in [-0.2, 0) is 12.8 Å². The summed E-state index contributed by atoms with van der Waals surface area (Å²) in [5.41, 5.74) is 3.08. The quantitative estimate of drug-likeness (QED) is 0.353. The molecule has 2 aromatic heterocycles. The first-order chi connectivity index (χ1) is 16.4. The summed E-state index contributed by atoms with van der Waals surface area (Å²) in [6.07, 6.45) is 1.62. The highest BCUT2D eigenvalue weighted by Crippen LogP contribution is 2.31. The van der Waals surface area contributed by atoms with Crippen LogP contribution in [0.3, 0.4) is 0 Å². The van der Waals surface area contributed by atoms with Crippen molar-refractivity contribution in [2.45, 2.75) is 25.9 Å². The molecule has 0 aliphatic rings. The van der Waals surface area contributed by atoms with Gasteiger partial charge in [-0.05, 0) is 42.2 Å². The van der Waals surface area contributed by atoms with Gasteiger partial charge in [0, 0.05) is 25.0 Å². The Hall–Kier alpha value is -3.95. The molecule has 10 heteroatoms. The first-order valence-electron chi connectivity index (χ1n) is 10.7. The predicted octanol–water partition coefficient (Wildman–Crippen LogP) is 5.37. The predicted molar refractivity (Wildman–Crippen MR) is 121 cm³/mol. The number of aryl methyl sites for hydroxylation is 1. The van der Waals surface area contributed by atoms with Crippen LogP contribution in [0.4, 0.5) is 19.0 Å². The summed E-state index contributed by atoms with van der Waals surface area (Å²) in [5, 5.41) is 3.26. The lowest BCUT2D eigenvalue weighted by molar-refractivity contribution is -0.153. The average molecular weight is 469 g/mol. The van der Waals surface area contributed by atoms with Crippen molar-refractivity contribution >= 4 is 17.0 Å². The van der Waals surface area contributed by atoms with Crippen LogP contribution < -0.4 is 14.8 Å². The highest BCUT2D eigenvalue weighted by Gasteiger charge is 2.28. The van der Waals surface area contributed by atoms with Crippen LogP contribution in [0.2, 0.25) is 0 Å². The van der Waals surface area contributed by atoms with Crippen LogP contribution in [0.15, 0.2) is 61.2 Å². The van der Waals surface area contributed by atoms with Crippen LogP contribution >= 0.6 is 0 Å². The van der Waals surface area contributed by atoms with Gasteiger partial charge in [-0.3, -0.25) is 0 Å². The number of halogens is 3. The number of ether oxygens (including phenoxy) is 2. The topological polar surface area (TPSA) is 82.0 Å². The Labute approximate surface area is 194 Å². The second kappa shape index (κ2) is 10.3. The van der Waals surface area contributed by atoms with Crippen molar-refractivity contribution in [3.63, 3.8) is 0 Å². The van der Waals surface area contributed by atoms with Crippen LogP contribution in [0.1, 0.15) is 18.1 Å². The normalized spacial score (nSPS) is 11.4. The maximum absolute atomic E-state index is 12.5. The van der Waals surface area contributed by atoms with Crippen molar-refractivity contribution < 1.29 is 22.6 Å². The fourth-order valence-corrected chi connectivity index (χ4v) is 3.28. The monoisotopic (exact) mass is 469 g/mol. The lowest BCUT2D eigenvalue weighted by Crippen LogP contribution is -2.19. The van der Waals surface area contributed by atoms with E-state index in [4.69, 9.17) is 9.47 Å². The number of fused-ring (bicyclic) bond motifs is 1. The number of nitrogens with one attached hydrogen (secondary N) is 1. The van der Waals surface area contributed by atoms with E-state index in [2.05, 4.69) is 25.3 Å². The van der Waals surface area contributed by atoms with Gasteiger partial charge in [0.1, 0.15) is 29.1 Å². The van der Waals surface area contributed by atoms with E-state index in [1.165, 1.54) is 18.5 Å². The Kier molecular flexibility index (Phi) is 7.05. The number of anilines is 1. The van der Waals surface area contributed by atoms with Crippen molar-refractivity contribution in [2.75, 3.05) is 18.5 Å². The van der Waals surface area contributed by atoms with Gasteiger partial charge in [0.25, 0.3) is 0 Å². The molecule has 0 spiro atoms. The third kappa shape index (κ3) is 6.09. The van der Waals surface area contributed by atoms with E-state index in [9.17, 15) is 13.2 Å². The second-order valence-electron chi connectivity index (χ2n) is 7.40. The number of benzene rings is 2. The molecule has 2 heterocycles. The molecule has 0 radical (unpaired) electrons. The summed E-state index contributed by atoms with van der Waals surface area (Å²) in [6, 6.07) is 12.2. The Bertz CT molecular complexity index is 1240. The molecule has 0 atom stereocenters. The van der Waals surface area contributed by atoms with Gasteiger partial charge in [0.05, 0.1) is 0 Å². The molecule has 0 fully saturated rings. The van der Waals surface area contributed by atoms with Gasteiger partial charge in [-0.1, -0.05) is 25.1 Å². The minimum Gasteiger partial charge on any atom is -0.484 e. The van der Waals surface area contributed by atoms with Gasteiger partial charge in [0.2, 0.25) is 0 Å². The van der Waals surface area contributed by atoms with Crippen molar-refractivity contribution in [3.05, 3.63) is 72.3 Å². The molecule has 4 aromatic rings. The van der Waals surface area contributed by atoms with Gasteiger partial charge in [0.15, 0.2) is 18.1 Å². The van der Waals surface area contributed by atoms with Crippen LogP contribution in [0, 0.1) is 0 Å². The lowest BCUT2D eigenvalue weighted by atomic mass is 10.1. The molecule has 0 bridgehead atoms. The molecule has 34 heavy (non-hydrogen) atoms. The fourth-order valence-electron chi connectivity index (χ4n) is 3.28.